The monoisotopic (exact) mass is 583 g/mol. The standard InChI is InChI=1S/C31H27F2N7O3/c1-30-21-22(30)25(26(41)31(30,43)23(21)29(42)34-2)40-13-36-24-27(37-19-12-16(19)14-6-8-17(32)18(33)11-14)38-20(39-28(24)40)9-7-15-5-3-4-10-35-15/h3-6,8,10-11,13,16,19,21-23,25-26,41,43H,12H2,1-2H3,(H,34,42)(H,37,38,39)/t16?,19?,21-,22?,23-,25-,26+,30?,31+/m1/s1. The molecule has 0 saturated heterocycles. The second-order valence-corrected chi connectivity index (χ2v) is 12.1. The van der Waals surface area contributed by atoms with E-state index in [9.17, 15) is 23.8 Å². The van der Waals surface area contributed by atoms with Gasteiger partial charge in [0.05, 0.1) is 18.3 Å². The molecule has 0 radical (unpaired) electrons. The molecule has 12 heteroatoms. The number of imidazole rings is 1. The van der Waals surface area contributed by atoms with E-state index in [0.717, 1.165) is 6.07 Å². The van der Waals surface area contributed by atoms with Gasteiger partial charge in [0, 0.05) is 30.6 Å². The van der Waals surface area contributed by atoms with Crippen molar-refractivity contribution >= 4 is 22.9 Å². The number of carbonyl (C=O) groups is 1. The van der Waals surface area contributed by atoms with E-state index in [1.807, 2.05) is 13.0 Å². The molecule has 3 aromatic heterocycles. The first kappa shape index (κ1) is 26.2. The maximum absolute atomic E-state index is 13.9. The number of nitrogens with zero attached hydrogens (tertiary/aromatic N) is 5. The molecule has 3 heterocycles. The van der Waals surface area contributed by atoms with Gasteiger partial charge in [-0.2, -0.15) is 0 Å². The van der Waals surface area contributed by atoms with Crippen LogP contribution in [0.4, 0.5) is 14.6 Å². The topological polar surface area (TPSA) is 138 Å². The normalized spacial score (nSPS) is 34.5. The molecule has 0 bridgehead atoms. The highest BCUT2D eigenvalue weighted by Crippen LogP contribution is 2.88. The molecule has 4 fully saturated rings. The summed E-state index contributed by atoms with van der Waals surface area (Å²) in [4.78, 5) is 30.8. The number of rotatable bonds is 5. The van der Waals surface area contributed by atoms with Gasteiger partial charge in [0.2, 0.25) is 11.7 Å². The molecule has 9 atom stereocenters. The first-order chi connectivity index (χ1) is 20.7. The minimum absolute atomic E-state index is 0.0444. The van der Waals surface area contributed by atoms with Gasteiger partial charge in [-0.05, 0) is 59.9 Å². The highest BCUT2D eigenvalue weighted by atomic mass is 19.2. The second kappa shape index (κ2) is 8.78. The fraction of sp³-hybridized carbons (Fsp3) is 0.387. The van der Waals surface area contributed by atoms with Gasteiger partial charge in [0.25, 0.3) is 0 Å². The Morgan fingerprint density at radius 2 is 1.95 bits per heavy atom. The van der Waals surface area contributed by atoms with Crippen LogP contribution in [0.5, 0.6) is 0 Å². The highest BCUT2D eigenvalue weighted by Gasteiger charge is 2.95. The SMILES string of the molecule is CNC(=O)[C@H]1[C@H]2C3[C@@H](n4cnc5c(NC6CC6c6ccc(F)c(F)c6)nc(C#Cc6ccccn6)nc54)[C@H](O)[C@]1(O)C32C. The van der Waals surface area contributed by atoms with Crippen molar-refractivity contribution in [2.75, 3.05) is 12.4 Å². The number of hydrogen-bond donors (Lipinski definition) is 4. The van der Waals surface area contributed by atoms with Gasteiger partial charge in [-0.3, -0.25) is 4.79 Å². The van der Waals surface area contributed by atoms with Crippen molar-refractivity contribution in [3.8, 4) is 11.8 Å². The van der Waals surface area contributed by atoms with Crippen molar-refractivity contribution in [1.29, 1.82) is 0 Å². The van der Waals surface area contributed by atoms with Crippen LogP contribution < -0.4 is 10.6 Å². The number of hydrogen-bond acceptors (Lipinski definition) is 8. The molecule has 218 valence electrons. The Hall–Kier alpha value is -4.47. The Bertz CT molecular complexity index is 1890. The predicted molar refractivity (Wildman–Crippen MR) is 149 cm³/mol. The van der Waals surface area contributed by atoms with E-state index in [-0.39, 0.29) is 35.5 Å². The van der Waals surface area contributed by atoms with Crippen LogP contribution >= 0.6 is 0 Å². The van der Waals surface area contributed by atoms with Crippen LogP contribution in [0, 0.1) is 46.6 Å². The molecule has 1 amide bonds. The molecular formula is C31H27F2N7O3. The van der Waals surface area contributed by atoms with Crippen LogP contribution in [0.15, 0.2) is 48.9 Å². The lowest BCUT2D eigenvalue weighted by atomic mass is 9.58. The van der Waals surface area contributed by atoms with E-state index in [1.165, 1.54) is 13.1 Å². The molecule has 4 aromatic rings. The lowest BCUT2D eigenvalue weighted by molar-refractivity contribution is -0.215. The second-order valence-electron chi connectivity index (χ2n) is 12.1. The Kier molecular flexibility index (Phi) is 5.34. The molecule has 4 aliphatic carbocycles. The first-order valence-corrected chi connectivity index (χ1v) is 14.2. The highest BCUT2D eigenvalue weighted by molar-refractivity contribution is 5.86. The van der Waals surface area contributed by atoms with Gasteiger partial charge in [-0.25, -0.2) is 28.7 Å². The maximum Gasteiger partial charge on any atom is 0.226 e. The predicted octanol–water partition coefficient (Wildman–Crippen LogP) is 2.14. The number of pyridine rings is 1. The molecule has 4 N–H and O–H groups in total. The molecule has 43 heavy (non-hydrogen) atoms. The van der Waals surface area contributed by atoms with Crippen LogP contribution in [0.1, 0.15) is 42.4 Å². The van der Waals surface area contributed by atoms with Gasteiger partial charge >= 0.3 is 0 Å². The zero-order chi connectivity index (χ0) is 29.8. The van der Waals surface area contributed by atoms with Crippen molar-refractivity contribution in [3.05, 3.63) is 77.6 Å². The van der Waals surface area contributed by atoms with Crippen molar-refractivity contribution in [2.45, 2.75) is 43.1 Å². The minimum Gasteiger partial charge on any atom is -0.388 e. The average molecular weight is 584 g/mol. The summed E-state index contributed by atoms with van der Waals surface area (Å²) in [6, 6.07) is 8.65. The average Bonchev–Trinajstić information content (AvgIpc) is 3.81. The summed E-state index contributed by atoms with van der Waals surface area (Å²) in [5, 5.41) is 29.1. The third kappa shape index (κ3) is 3.43. The van der Waals surface area contributed by atoms with Crippen molar-refractivity contribution < 1.29 is 23.8 Å². The molecule has 8 rings (SSSR count). The first-order valence-electron chi connectivity index (χ1n) is 14.2. The van der Waals surface area contributed by atoms with Gasteiger partial charge in [0.15, 0.2) is 28.6 Å². The van der Waals surface area contributed by atoms with Crippen LogP contribution in [0.2, 0.25) is 0 Å². The van der Waals surface area contributed by atoms with E-state index in [4.69, 9.17) is 4.98 Å². The number of aromatic nitrogens is 5. The van der Waals surface area contributed by atoms with Crippen molar-refractivity contribution in [3.63, 3.8) is 0 Å². The molecule has 4 unspecified atom stereocenters. The smallest absolute Gasteiger partial charge is 0.226 e. The molecular weight excluding hydrogens is 556 g/mol. The summed E-state index contributed by atoms with van der Waals surface area (Å²) in [5.41, 5.74) is -0.0612. The van der Waals surface area contributed by atoms with Gasteiger partial charge in [-0.1, -0.05) is 19.1 Å². The van der Waals surface area contributed by atoms with Crippen LogP contribution in [-0.2, 0) is 4.79 Å². The summed E-state index contributed by atoms with van der Waals surface area (Å²) >= 11 is 0. The minimum atomic E-state index is -1.56. The Morgan fingerprint density at radius 1 is 1.12 bits per heavy atom. The van der Waals surface area contributed by atoms with E-state index in [1.54, 1.807) is 35.3 Å². The number of aliphatic hydroxyl groups is 2. The number of carbonyl (C=O) groups excluding carboxylic acids is 1. The summed E-state index contributed by atoms with van der Waals surface area (Å²) in [7, 11) is 1.53. The van der Waals surface area contributed by atoms with Crippen molar-refractivity contribution in [2.24, 2.45) is 23.2 Å². The van der Waals surface area contributed by atoms with Crippen LogP contribution in [0.3, 0.4) is 0 Å². The third-order valence-corrected chi connectivity index (χ3v) is 10.2. The lowest BCUT2D eigenvalue weighted by Crippen LogP contribution is -2.67. The fourth-order valence-corrected chi connectivity index (χ4v) is 8.04. The fourth-order valence-electron chi connectivity index (χ4n) is 8.04. The van der Waals surface area contributed by atoms with E-state index < -0.39 is 40.7 Å². The Morgan fingerprint density at radius 3 is 2.67 bits per heavy atom. The van der Waals surface area contributed by atoms with Crippen LogP contribution in [0.25, 0.3) is 11.2 Å². The molecule has 4 aliphatic rings. The molecule has 4 saturated carbocycles. The van der Waals surface area contributed by atoms with E-state index in [2.05, 4.69) is 37.4 Å². The Labute approximate surface area is 244 Å². The molecule has 10 nitrogen and oxygen atoms in total. The largest absolute Gasteiger partial charge is 0.388 e. The summed E-state index contributed by atoms with van der Waals surface area (Å²) in [5.74, 6) is 3.56. The number of aliphatic hydroxyl groups excluding tert-OH is 1. The van der Waals surface area contributed by atoms with E-state index >= 15 is 0 Å². The zero-order valence-corrected chi connectivity index (χ0v) is 23.2. The van der Waals surface area contributed by atoms with Crippen molar-refractivity contribution in [1.82, 2.24) is 29.8 Å². The zero-order valence-electron chi connectivity index (χ0n) is 23.2. The molecule has 1 aromatic carbocycles. The quantitative estimate of drug-likeness (QED) is 0.262. The van der Waals surface area contributed by atoms with Gasteiger partial charge in [0.1, 0.15) is 17.4 Å². The molecule has 0 aliphatic heterocycles. The lowest BCUT2D eigenvalue weighted by Gasteiger charge is -2.52. The van der Waals surface area contributed by atoms with E-state index in [0.29, 0.717) is 34.7 Å². The summed E-state index contributed by atoms with van der Waals surface area (Å²) in [6.45, 7) is 1.92. The maximum atomic E-state index is 13.9. The number of halogens is 2. The van der Waals surface area contributed by atoms with Gasteiger partial charge < -0.3 is 25.4 Å². The van der Waals surface area contributed by atoms with Gasteiger partial charge in [-0.15, -0.1) is 0 Å². The number of amides is 1. The number of anilines is 1. The Balaban J connectivity index is 1.17. The third-order valence-electron chi connectivity index (χ3n) is 10.2. The summed E-state index contributed by atoms with van der Waals surface area (Å²) < 4.78 is 29.1. The summed E-state index contributed by atoms with van der Waals surface area (Å²) in [6.07, 6.45) is 2.68. The number of benzene rings is 1. The number of fused-ring (bicyclic) bond motifs is 2. The number of nitrogens with one attached hydrogen (secondary N) is 2. The molecule has 0 spiro atoms. The van der Waals surface area contributed by atoms with Crippen LogP contribution in [-0.4, -0.2) is 65.4 Å².